The summed E-state index contributed by atoms with van der Waals surface area (Å²) in [4.78, 5) is 5.35. The molecule has 3 nitrogen and oxygen atoms in total. The monoisotopic (exact) mass is 237 g/mol. The largest absolute Gasteiger partial charge is 0.311 e. The average Bonchev–Trinajstić information content (AvgIpc) is 2.39. The highest BCUT2D eigenvalue weighted by atomic mass is 15.3. The Balaban J connectivity index is 1.64. The number of piperazine rings is 1. The normalized spacial score (nSPS) is 37.9. The zero-order valence-corrected chi connectivity index (χ0v) is 11.2. The molecule has 2 atom stereocenters. The van der Waals surface area contributed by atoms with Gasteiger partial charge in [0.2, 0.25) is 0 Å². The predicted molar refractivity (Wildman–Crippen MR) is 71.3 cm³/mol. The third kappa shape index (κ3) is 2.51. The van der Waals surface area contributed by atoms with Crippen molar-refractivity contribution < 1.29 is 0 Å². The van der Waals surface area contributed by atoms with Crippen LogP contribution in [-0.2, 0) is 0 Å². The van der Waals surface area contributed by atoms with Crippen LogP contribution in [0.3, 0.4) is 0 Å². The average molecular weight is 237 g/mol. The van der Waals surface area contributed by atoms with Crippen molar-refractivity contribution in [3.63, 3.8) is 0 Å². The van der Waals surface area contributed by atoms with E-state index in [2.05, 4.69) is 22.2 Å². The van der Waals surface area contributed by atoms with Crippen molar-refractivity contribution in [1.82, 2.24) is 15.1 Å². The van der Waals surface area contributed by atoms with Crippen LogP contribution >= 0.6 is 0 Å². The third-order valence-electron chi connectivity index (χ3n) is 5.09. The third-order valence-corrected chi connectivity index (χ3v) is 5.09. The fourth-order valence-electron chi connectivity index (χ4n) is 4.07. The zero-order valence-electron chi connectivity index (χ0n) is 11.2. The number of rotatable bonds is 1. The quantitative estimate of drug-likeness (QED) is 0.741. The molecule has 3 aliphatic rings. The standard InChI is InChI=1S/C14H27N3/c1-16-9-6-12(7-10-16)17-11-8-15-13-4-2-3-5-14(13)17/h12-15H,2-11H2,1H3/t13-,14+/m0/s1. The molecule has 0 spiro atoms. The van der Waals surface area contributed by atoms with Crippen LogP contribution in [0.5, 0.6) is 0 Å². The molecule has 0 aromatic rings. The van der Waals surface area contributed by atoms with Crippen LogP contribution in [0.2, 0.25) is 0 Å². The molecule has 0 aromatic heterocycles. The summed E-state index contributed by atoms with van der Waals surface area (Å²) in [6, 6.07) is 2.53. The second kappa shape index (κ2) is 5.25. The number of hydrogen-bond acceptors (Lipinski definition) is 3. The Hall–Kier alpha value is -0.120. The topological polar surface area (TPSA) is 18.5 Å². The van der Waals surface area contributed by atoms with Crippen molar-refractivity contribution >= 4 is 0 Å². The Bertz CT molecular complexity index is 246. The van der Waals surface area contributed by atoms with Crippen LogP contribution in [0.4, 0.5) is 0 Å². The molecule has 0 amide bonds. The molecular weight excluding hydrogens is 210 g/mol. The predicted octanol–water partition coefficient (Wildman–Crippen LogP) is 1.30. The van der Waals surface area contributed by atoms with Crippen LogP contribution in [0.1, 0.15) is 38.5 Å². The lowest BCUT2D eigenvalue weighted by molar-refractivity contribution is 0.0239. The molecule has 1 aliphatic carbocycles. The van der Waals surface area contributed by atoms with E-state index in [1.54, 1.807) is 0 Å². The fraction of sp³-hybridized carbons (Fsp3) is 1.00. The Morgan fingerprint density at radius 3 is 2.53 bits per heavy atom. The summed E-state index contributed by atoms with van der Waals surface area (Å²) in [6.07, 6.45) is 8.51. The minimum Gasteiger partial charge on any atom is -0.311 e. The summed E-state index contributed by atoms with van der Waals surface area (Å²) in [6.45, 7) is 5.10. The van der Waals surface area contributed by atoms with Crippen molar-refractivity contribution in [3.05, 3.63) is 0 Å². The maximum absolute atomic E-state index is 3.75. The summed E-state index contributed by atoms with van der Waals surface area (Å²) in [7, 11) is 2.26. The summed E-state index contributed by atoms with van der Waals surface area (Å²) < 4.78 is 0. The summed E-state index contributed by atoms with van der Waals surface area (Å²) in [5, 5.41) is 3.75. The first kappa shape index (κ1) is 11.9. The minimum absolute atomic E-state index is 0.803. The highest BCUT2D eigenvalue weighted by molar-refractivity contribution is 4.95. The van der Waals surface area contributed by atoms with Gasteiger partial charge in [-0.1, -0.05) is 12.8 Å². The lowest BCUT2D eigenvalue weighted by Crippen LogP contribution is -2.62. The second-order valence-electron chi connectivity index (χ2n) is 6.18. The molecule has 17 heavy (non-hydrogen) atoms. The highest BCUT2D eigenvalue weighted by Gasteiger charge is 2.37. The number of likely N-dealkylation sites (tertiary alicyclic amines) is 1. The van der Waals surface area contributed by atoms with Gasteiger partial charge in [0, 0.05) is 31.2 Å². The molecular formula is C14H27N3. The van der Waals surface area contributed by atoms with Gasteiger partial charge < -0.3 is 10.2 Å². The van der Waals surface area contributed by atoms with E-state index in [4.69, 9.17) is 0 Å². The molecule has 3 heteroatoms. The van der Waals surface area contributed by atoms with Gasteiger partial charge in [-0.2, -0.15) is 0 Å². The SMILES string of the molecule is CN1CCC(N2CCN[C@H]3CCCC[C@H]32)CC1. The molecule has 0 radical (unpaired) electrons. The number of piperidine rings is 1. The molecule has 0 unspecified atom stereocenters. The zero-order chi connectivity index (χ0) is 11.7. The van der Waals surface area contributed by atoms with Gasteiger partial charge >= 0.3 is 0 Å². The van der Waals surface area contributed by atoms with Crippen molar-refractivity contribution in [2.24, 2.45) is 0 Å². The number of fused-ring (bicyclic) bond motifs is 1. The van der Waals surface area contributed by atoms with E-state index in [1.165, 1.54) is 64.7 Å². The minimum atomic E-state index is 0.803. The molecule has 1 N–H and O–H groups in total. The van der Waals surface area contributed by atoms with Gasteiger partial charge in [-0.3, -0.25) is 4.90 Å². The van der Waals surface area contributed by atoms with E-state index in [0.717, 1.165) is 18.1 Å². The maximum atomic E-state index is 3.75. The van der Waals surface area contributed by atoms with E-state index in [9.17, 15) is 0 Å². The summed E-state index contributed by atoms with van der Waals surface area (Å²) in [5.41, 5.74) is 0. The van der Waals surface area contributed by atoms with Crippen LogP contribution < -0.4 is 5.32 Å². The lowest BCUT2D eigenvalue weighted by Gasteiger charge is -2.49. The highest BCUT2D eigenvalue weighted by Crippen LogP contribution is 2.29. The number of hydrogen-bond donors (Lipinski definition) is 1. The molecule has 0 aromatic carbocycles. The molecule has 2 aliphatic heterocycles. The Morgan fingerprint density at radius 2 is 1.71 bits per heavy atom. The maximum Gasteiger partial charge on any atom is 0.0252 e. The van der Waals surface area contributed by atoms with Crippen LogP contribution in [-0.4, -0.2) is 61.2 Å². The summed E-state index contributed by atoms with van der Waals surface area (Å²) >= 11 is 0. The molecule has 98 valence electrons. The Kier molecular flexibility index (Phi) is 3.69. The molecule has 2 heterocycles. The van der Waals surface area contributed by atoms with Crippen molar-refractivity contribution in [2.75, 3.05) is 33.2 Å². The van der Waals surface area contributed by atoms with E-state index in [0.29, 0.717) is 0 Å². The molecule has 0 bridgehead atoms. The first-order valence-corrected chi connectivity index (χ1v) is 7.52. The van der Waals surface area contributed by atoms with Gasteiger partial charge in [-0.15, -0.1) is 0 Å². The van der Waals surface area contributed by atoms with Gasteiger partial charge in [-0.05, 0) is 45.8 Å². The van der Waals surface area contributed by atoms with E-state index < -0.39 is 0 Å². The van der Waals surface area contributed by atoms with E-state index in [1.807, 2.05) is 0 Å². The molecule has 2 saturated heterocycles. The smallest absolute Gasteiger partial charge is 0.0252 e. The van der Waals surface area contributed by atoms with Gasteiger partial charge in [0.05, 0.1) is 0 Å². The Labute approximate surface area is 106 Å². The Morgan fingerprint density at radius 1 is 0.941 bits per heavy atom. The fourth-order valence-corrected chi connectivity index (χ4v) is 4.07. The number of nitrogens with zero attached hydrogens (tertiary/aromatic N) is 2. The van der Waals surface area contributed by atoms with Crippen molar-refractivity contribution in [2.45, 2.75) is 56.7 Å². The second-order valence-corrected chi connectivity index (χ2v) is 6.18. The number of nitrogens with one attached hydrogen (secondary N) is 1. The molecule has 1 saturated carbocycles. The molecule has 3 rings (SSSR count). The lowest BCUT2D eigenvalue weighted by atomic mass is 9.85. The molecule has 3 fully saturated rings. The van der Waals surface area contributed by atoms with Gasteiger partial charge in [0.25, 0.3) is 0 Å². The first-order chi connectivity index (χ1) is 8.34. The van der Waals surface area contributed by atoms with E-state index >= 15 is 0 Å². The van der Waals surface area contributed by atoms with Crippen LogP contribution in [0.15, 0.2) is 0 Å². The first-order valence-electron chi connectivity index (χ1n) is 7.52. The van der Waals surface area contributed by atoms with Crippen molar-refractivity contribution in [3.8, 4) is 0 Å². The van der Waals surface area contributed by atoms with Crippen molar-refractivity contribution in [1.29, 1.82) is 0 Å². The van der Waals surface area contributed by atoms with Gasteiger partial charge in [0.15, 0.2) is 0 Å². The van der Waals surface area contributed by atoms with Gasteiger partial charge in [-0.25, -0.2) is 0 Å². The van der Waals surface area contributed by atoms with Crippen LogP contribution in [0.25, 0.3) is 0 Å². The van der Waals surface area contributed by atoms with Gasteiger partial charge in [0.1, 0.15) is 0 Å². The van der Waals surface area contributed by atoms with E-state index in [-0.39, 0.29) is 0 Å². The summed E-state index contributed by atoms with van der Waals surface area (Å²) in [5.74, 6) is 0. The van der Waals surface area contributed by atoms with Crippen LogP contribution in [0, 0.1) is 0 Å².